The summed E-state index contributed by atoms with van der Waals surface area (Å²) in [6, 6.07) is 4.86. The summed E-state index contributed by atoms with van der Waals surface area (Å²) < 4.78 is 9.89. The van der Waals surface area contributed by atoms with Gasteiger partial charge in [-0.05, 0) is 25.1 Å². The molecule has 0 aliphatic carbocycles. The molecule has 0 aliphatic rings. The summed E-state index contributed by atoms with van der Waals surface area (Å²) in [5.74, 6) is 5.48. The molecule has 5 heteroatoms. The van der Waals surface area contributed by atoms with Crippen LogP contribution in [0.25, 0.3) is 0 Å². The molecular formula is C10H14N2O3. The van der Waals surface area contributed by atoms with Gasteiger partial charge in [-0.2, -0.15) is 0 Å². The van der Waals surface area contributed by atoms with Gasteiger partial charge in [0.05, 0.1) is 25.0 Å². The van der Waals surface area contributed by atoms with E-state index in [1.807, 2.05) is 0 Å². The minimum Gasteiger partial charge on any atom is -0.495 e. The molecule has 0 fully saturated rings. The molecule has 82 valence electrons. The first-order valence-electron chi connectivity index (χ1n) is 4.54. The minimum atomic E-state index is -0.378. The zero-order valence-electron chi connectivity index (χ0n) is 8.74. The molecule has 1 aromatic carbocycles. The molecule has 0 spiro atoms. The maximum atomic E-state index is 11.4. The lowest BCUT2D eigenvalue weighted by Crippen LogP contribution is -2.10. The van der Waals surface area contributed by atoms with Gasteiger partial charge in [0.25, 0.3) is 0 Å². The summed E-state index contributed by atoms with van der Waals surface area (Å²) in [7, 11) is 1.53. The van der Waals surface area contributed by atoms with Crippen molar-refractivity contribution in [1.29, 1.82) is 0 Å². The summed E-state index contributed by atoms with van der Waals surface area (Å²) in [4.78, 5) is 11.4. The van der Waals surface area contributed by atoms with Crippen LogP contribution in [-0.4, -0.2) is 19.7 Å². The molecule has 0 atom stereocenters. The van der Waals surface area contributed by atoms with Crippen LogP contribution in [0.15, 0.2) is 18.2 Å². The highest BCUT2D eigenvalue weighted by molar-refractivity contribution is 5.91. The molecule has 0 saturated heterocycles. The number of hydrogen-bond donors (Lipinski definition) is 2. The summed E-state index contributed by atoms with van der Waals surface area (Å²) in [6.07, 6.45) is 0. The van der Waals surface area contributed by atoms with Crippen molar-refractivity contribution in [2.75, 3.05) is 19.1 Å². The largest absolute Gasteiger partial charge is 0.495 e. The van der Waals surface area contributed by atoms with Crippen LogP contribution in [0.3, 0.4) is 0 Å². The molecule has 3 N–H and O–H groups in total. The molecule has 0 unspecified atom stereocenters. The zero-order chi connectivity index (χ0) is 11.3. The highest BCUT2D eigenvalue weighted by Crippen LogP contribution is 2.24. The highest BCUT2D eigenvalue weighted by atomic mass is 16.5. The van der Waals surface area contributed by atoms with E-state index >= 15 is 0 Å². The molecule has 0 heterocycles. The number of nitrogens with one attached hydrogen (secondary N) is 1. The number of ether oxygens (including phenoxy) is 2. The Hall–Kier alpha value is -1.75. The van der Waals surface area contributed by atoms with E-state index in [1.54, 1.807) is 25.1 Å². The Morgan fingerprint density at radius 3 is 2.80 bits per heavy atom. The number of nitrogens with two attached hydrogens (primary N) is 1. The van der Waals surface area contributed by atoms with Crippen LogP contribution in [0.2, 0.25) is 0 Å². The van der Waals surface area contributed by atoms with Crippen molar-refractivity contribution in [1.82, 2.24) is 0 Å². The lowest BCUT2D eigenvalue weighted by atomic mass is 10.2. The van der Waals surface area contributed by atoms with E-state index in [1.165, 1.54) is 7.11 Å². The number of benzene rings is 1. The quantitative estimate of drug-likeness (QED) is 0.443. The lowest BCUT2D eigenvalue weighted by molar-refractivity contribution is 0.0526. The molecule has 0 aromatic heterocycles. The summed E-state index contributed by atoms with van der Waals surface area (Å²) in [5.41, 5.74) is 3.43. The molecule has 0 bridgehead atoms. The zero-order valence-corrected chi connectivity index (χ0v) is 8.74. The van der Waals surface area contributed by atoms with E-state index < -0.39 is 0 Å². The van der Waals surface area contributed by atoms with E-state index in [0.717, 1.165) is 0 Å². The van der Waals surface area contributed by atoms with E-state index in [9.17, 15) is 4.79 Å². The predicted molar refractivity (Wildman–Crippen MR) is 56.8 cm³/mol. The average Bonchev–Trinajstić information content (AvgIpc) is 2.28. The number of methoxy groups -OCH3 is 1. The number of anilines is 1. The number of carbonyl (C=O) groups excluding carboxylic acids is 1. The van der Waals surface area contributed by atoms with Crippen LogP contribution in [0.1, 0.15) is 17.3 Å². The Balaban J connectivity index is 2.97. The Morgan fingerprint density at radius 1 is 1.53 bits per heavy atom. The second-order valence-electron chi connectivity index (χ2n) is 2.78. The fraction of sp³-hybridized carbons (Fsp3) is 0.300. The van der Waals surface area contributed by atoms with Crippen molar-refractivity contribution in [2.24, 2.45) is 5.84 Å². The number of nitrogen functional groups attached to an aromatic ring is 1. The first-order valence-corrected chi connectivity index (χ1v) is 4.54. The average molecular weight is 210 g/mol. The molecule has 1 aromatic rings. The third-order valence-corrected chi connectivity index (χ3v) is 1.87. The van der Waals surface area contributed by atoms with Crippen LogP contribution < -0.4 is 16.0 Å². The fourth-order valence-corrected chi connectivity index (χ4v) is 1.16. The molecule has 1 rings (SSSR count). The maximum Gasteiger partial charge on any atom is 0.338 e. The van der Waals surface area contributed by atoms with Crippen LogP contribution >= 0.6 is 0 Å². The van der Waals surface area contributed by atoms with E-state index in [-0.39, 0.29) is 5.97 Å². The van der Waals surface area contributed by atoms with Gasteiger partial charge in [0, 0.05) is 0 Å². The third kappa shape index (κ3) is 2.60. The fourth-order valence-electron chi connectivity index (χ4n) is 1.16. The highest BCUT2D eigenvalue weighted by Gasteiger charge is 2.09. The first-order chi connectivity index (χ1) is 7.22. The van der Waals surface area contributed by atoms with Crippen molar-refractivity contribution in [3.63, 3.8) is 0 Å². The monoisotopic (exact) mass is 210 g/mol. The molecule has 5 nitrogen and oxygen atoms in total. The standard InChI is InChI=1S/C10H14N2O3/c1-3-15-10(13)7-4-5-9(14-2)8(6-7)12-11/h4-6,12H,3,11H2,1-2H3. The van der Waals surface area contributed by atoms with Crippen molar-refractivity contribution >= 4 is 11.7 Å². The van der Waals surface area contributed by atoms with Gasteiger partial charge in [-0.3, -0.25) is 5.84 Å². The molecule has 0 saturated carbocycles. The van der Waals surface area contributed by atoms with Gasteiger partial charge >= 0.3 is 5.97 Å². The van der Waals surface area contributed by atoms with Crippen molar-refractivity contribution in [2.45, 2.75) is 6.92 Å². The van der Waals surface area contributed by atoms with Crippen molar-refractivity contribution < 1.29 is 14.3 Å². The molecule has 0 aliphatic heterocycles. The van der Waals surface area contributed by atoms with Crippen molar-refractivity contribution in [3.05, 3.63) is 23.8 Å². The molecule has 0 radical (unpaired) electrons. The third-order valence-electron chi connectivity index (χ3n) is 1.87. The van der Waals surface area contributed by atoms with Crippen LogP contribution in [-0.2, 0) is 4.74 Å². The van der Waals surface area contributed by atoms with Crippen molar-refractivity contribution in [3.8, 4) is 5.75 Å². The normalized spacial score (nSPS) is 9.53. The minimum absolute atomic E-state index is 0.344. The van der Waals surface area contributed by atoms with Gasteiger partial charge in [0.15, 0.2) is 0 Å². The topological polar surface area (TPSA) is 73.6 Å². The SMILES string of the molecule is CCOC(=O)c1ccc(OC)c(NN)c1. The Kier molecular flexibility index (Phi) is 3.93. The van der Waals surface area contributed by atoms with Crippen LogP contribution in [0.4, 0.5) is 5.69 Å². The molecular weight excluding hydrogens is 196 g/mol. The van der Waals surface area contributed by atoms with Crippen LogP contribution in [0.5, 0.6) is 5.75 Å². The lowest BCUT2D eigenvalue weighted by Gasteiger charge is -2.09. The Bertz CT molecular complexity index is 353. The number of hydrogen-bond acceptors (Lipinski definition) is 5. The van der Waals surface area contributed by atoms with Gasteiger partial charge < -0.3 is 14.9 Å². The second-order valence-corrected chi connectivity index (χ2v) is 2.78. The molecule has 15 heavy (non-hydrogen) atoms. The van der Waals surface area contributed by atoms with E-state index in [2.05, 4.69) is 5.43 Å². The van der Waals surface area contributed by atoms with Gasteiger partial charge in [0.2, 0.25) is 0 Å². The van der Waals surface area contributed by atoms with E-state index in [0.29, 0.717) is 23.6 Å². The van der Waals surface area contributed by atoms with E-state index in [4.69, 9.17) is 15.3 Å². The predicted octanol–water partition coefficient (Wildman–Crippen LogP) is 1.16. The number of carbonyl (C=O) groups is 1. The summed E-state index contributed by atoms with van der Waals surface area (Å²) >= 11 is 0. The summed E-state index contributed by atoms with van der Waals surface area (Å²) in [5, 5.41) is 0. The maximum absolute atomic E-state index is 11.4. The second kappa shape index (κ2) is 5.21. The van der Waals surface area contributed by atoms with Gasteiger partial charge in [-0.25, -0.2) is 4.79 Å². The van der Waals surface area contributed by atoms with Gasteiger partial charge in [-0.15, -0.1) is 0 Å². The van der Waals surface area contributed by atoms with Crippen LogP contribution in [0, 0.1) is 0 Å². The smallest absolute Gasteiger partial charge is 0.338 e. The number of esters is 1. The Morgan fingerprint density at radius 2 is 2.27 bits per heavy atom. The van der Waals surface area contributed by atoms with Gasteiger partial charge in [0.1, 0.15) is 5.75 Å². The van der Waals surface area contributed by atoms with Gasteiger partial charge in [-0.1, -0.05) is 0 Å². The summed E-state index contributed by atoms with van der Waals surface area (Å²) in [6.45, 7) is 2.10. The Labute approximate surface area is 88.1 Å². The number of hydrazine groups is 1. The molecule has 0 amide bonds. The first kappa shape index (κ1) is 11.3. The number of rotatable bonds is 4.